The first-order chi connectivity index (χ1) is 18.3. The number of anilines is 1. The predicted octanol–water partition coefficient (Wildman–Crippen LogP) is 5.78. The quantitative estimate of drug-likeness (QED) is 0.201. The Morgan fingerprint density at radius 1 is 1.05 bits per heavy atom. The summed E-state index contributed by atoms with van der Waals surface area (Å²) in [6.07, 6.45) is 4.15. The van der Waals surface area contributed by atoms with Gasteiger partial charge in [0.25, 0.3) is 10.0 Å². The Bertz CT molecular complexity index is 1670. The minimum Gasteiger partial charge on any atom is -0.370 e. The van der Waals surface area contributed by atoms with E-state index in [9.17, 15) is 8.42 Å². The average molecular weight is 614 g/mol. The fourth-order valence-electron chi connectivity index (χ4n) is 4.25. The molecule has 11 heteroatoms. The highest BCUT2D eigenvalue weighted by molar-refractivity contribution is 9.10. The van der Waals surface area contributed by atoms with E-state index in [1.165, 1.54) is 3.97 Å². The normalized spacial score (nSPS) is 11.9. The van der Waals surface area contributed by atoms with Gasteiger partial charge >= 0.3 is 0 Å². The van der Waals surface area contributed by atoms with Gasteiger partial charge in [-0.25, -0.2) is 17.4 Å². The van der Waals surface area contributed by atoms with E-state index in [1.54, 1.807) is 53.3 Å². The molecular weight excluding hydrogens is 588 g/mol. The first-order valence-corrected chi connectivity index (χ1v) is 14.6. The fraction of sp³-hybridized carbons (Fsp3) is 0.185. The van der Waals surface area contributed by atoms with Crippen molar-refractivity contribution in [1.82, 2.24) is 23.5 Å². The standard InChI is InChI=1S/C27H26BrClN6O2S/c1-33(19-20-9-7-16-34(20)38(36,37)21-10-3-2-4-11-21)15-8-14-30-26-17-25(22-12-5-6-13-24(22)29)32-27-23(28)18-31-35(26)27/h2-7,9-13,16-18,30H,8,14-15,19H2,1H3. The molecule has 0 fully saturated rings. The van der Waals surface area contributed by atoms with Crippen molar-refractivity contribution >= 4 is 49.0 Å². The second kappa shape index (κ2) is 11.3. The smallest absolute Gasteiger partial charge is 0.267 e. The molecule has 0 saturated carbocycles. The molecule has 0 bridgehead atoms. The average Bonchev–Trinajstić information content (AvgIpc) is 3.54. The zero-order valence-electron chi connectivity index (χ0n) is 20.6. The van der Waals surface area contributed by atoms with Crippen molar-refractivity contribution in [2.45, 2.75) is 17.9 Å². The summed E-state index contributed by atoms with van der Waals surface area (Å²) in [6, 6.07) is 21.6. The van der Waals surface area contributed by atoms with E-state index in [1.807, 2.05) is 43.4 Å². The zero-order chi connectivity index (χ0) is 26.7. The predicted molar refractivity (Wildman–Crippen MR) is 154 cm³/mol. The van der Waals surface area contributed by atoms with E-state index in [-0.39, 0.29) is 4.90 Å². The molecule has 1 N–H and O–H groups in total. The third-order valence-electron chi connectivity index (χ3n) is 6.13. The highest BCUT2D eigenvalue weighted by Gasteiger charge is 2.19. The van der Waals surface area contributed by atoms with E-state index in [4.69, 9.17) is 16.6 Å². The lowest BCUT2D eigenvalue weighted by molar-refractivity contribution is 0.320. The first kappa shape index (κ1) is 26.4. The lowest BCUT2D eigenvalue weighted by Gasteiger charge is -2.19. The Kier molecular flexibility index (Phi) is 7.85. The molecule has 2 aromatic carbocycles. The van der Waals surface area contributed by atoms with Crippen molar-refractivity contribution in [2.24, 2.45) is 0 Å². The van der Waals surface area contributed by atoms with Gasteiger partial charge in [-0.15, -0.1) is 0 Å². The van der Waals surface area contributed by atoms with Crippen molar-refractivity contribution in [3.63, 3.8) is 0 Å². The third-order valence-corrected chi connectivity index (χ3v) is 8.76. The van der Waals surface area contributed by atoms with E-state index in [0.717, 1.165) is 34.5 Å². The Morgan fingerprint density at radius 2 is 1.82 bits per heavy atom. The largest absolute Gasteiger partial charge is 0.370 e. The SMILES string of the molecule is CN(CCCNc1cc(-c2ccccc2Cl)nc2c(Br)cnn12)Cc1cccn1S(=O)(=O)c1ccccc1. The summed E-state index contributed by atoms with van der Waals surface area (Å²) in [5.41, 5.74) is 3.01. The minimum atomic E-state index is -3.63. The van der Waals surface area contributed by atoms with Gasteiger partial charge in [0.2, 0.25) is 0 Å². The van der Waals surface area contributed by atoms with Crippen LogP contribution in [-0.4, -0.2) is 52.0 Å². The van der Waals surface area contributed by atoms with Crippen LogP contribution in [0.1, 0.15) is 12.1 Å². The van der Waals surface area contributed by atoms with Crippen molar-refractivity contribution in [3.8, 4) is 11.3 Å². The lowest BCUT2D eigenvalue weighted by Crippen LogP contribution is -2.24. The molecule has 0 radical (unpaired) electrons. The Balaban J connectivity index is 1.24. The fourth-order valence-corrected chi connectivity index (χ4v) is 6.22. The first-order valence-electron chi connectivity index (χ1n) is 12.0. The molecule has 5 rings (SSSR count). The summed E-state index contributed by atoms with van der Waals surface area (Å²) >= 11 is 9.96. The van der Waals surface area contributed by atoms with Gasteiger partial charge in [0, 0.05) is 41.6 Å². The molecule has 3 aromatic heterocycles. The molecule has 0 aliphatic heterocycles. The number of nitrogens with one attached hydrogen (secondary N) is 1. The number of aromatic nitrogens is 4. The number of halogens is 2. The van der Waals surface area contributed by atoms with Crippen LogP contribution in [0.4, 0.5) is 5.82 Å². The Labute approximate surface area is 235 Å². The van der Waals surface area contributed by atoms with E-state index in [0.29, 0.717) is 29.5 Å². The van der Waals surface area contributed by atoms with Gasteiger partial charge in [0.1, 0.15) is 5.82 Å². The van der Waals surface area contributed by atoms with Crippen LogP contribution in [0.5, 0.6) is 0 Å². The molecule has 0 spiro atoms. The molecule has 0 amide bonds. The Morgan fingerprint density at radius 3 is 2.61 bits per heavy atom. The van der Waals surface area contributed by atoms with Crippen molar-refractivity contribution in [2.75, 3.05) is 25.5 Å². The van der Waals surface area contributed by atoms with Crippen LogP contribution in [0.25, 0.3) is 16.9 Å². The number of hydrogen-bond acceptors (Lipinski definition) is 6. The molecule has 196 valence electrons. The topological polar surface area (TPSA) is 84.5 Å². The van der Waals surface area contributed by atoms with E-state index in [2.05, 4.69) is 31.2 Å². The van der Waals surface area contributed by atoms with Gasteiger partial charge < -0.3 is 10.2 Å². The number of fused-ring (bicyclic) bond motifs is 1. The van der Waals surface area contributed by atoms with Crippen LogP contribution in [-0.2, 0) is 16.6 Å². The van der Waals surface area contributed by atoms with Crippen molar-refractivity contribution in [1.29, 1.82) is 0 Å². The molecular formula is C27H26BrClN6O2S. The maximum Gasteiger partial charge on any atom is 0.267 e. The van der Waals surface area contributed by atoms with Gasteiger partial charge in [-0.2, -0.15) is 9.61 Å². The molecule has 0 unspecified atom stereocenters. The van der Waals surface area contributed by atoms with E-state index < -0.39 is 10.0 Å². The zero-order valence-corrected chi connectivity index (χ0v) is 23.8. The molecule has 5 aromatic rings. The summed E-state index contributed by atoms with van der Waals surface area (Å²) in [5, 5.41) is 8.54. The van der Waals surface area contributed by atoms with Crippen LogP contribution in [0.15, 0.2) is 94.6 Å². The molecule has 38 heavy (non-hydrogen) atoms. The maximum absolute atomic E-state index is 13.1. The van der Waals surface area contributed by atoms with Crippen LogP contribution in [0, 0.1) is 0 Å². The summed E-state index contributed by atoms with van der Waals surface area (Å²) in [4.78, 5) is 7.12. The van der Waals surface area contributed by atoms with Crippen molar-refractivity contribution in [3.05, 3.63) is 100 Å². The Hall–Kier alpha value is -3.18. The summed E-state index contributed by atoms with van der Waals surface area (Å²) in [6.45, 7) is 1.95. The minimum absolute atomic E-state index is 0.273. The third kappa shape index (κ3) is 5.49. The second-order valence-electron chi connectivity index (χ2n) is 8.87. The van der Waals surface area contributed by atoms with Gasteiger partial charge in [-0.3, -0.25) is 0 Å². The summed E-state index contributed by atoms with van der Waals surface area (Å²) in [5.74, 6) is 0.807. The summed E-state index contributed by atoms with van der Waals surface area (Å²) < 4.78 is 30.1. The van der Waals surface area contributed by atoms with Gasteiger partial charge in [-0.1, -0.05) is 48.0 Å². The highest BCUT2D eigenvalue weighted by atomic mass is 79.9. The summed E-state index contributed by atoms with van der Waals surface area (Å²) in [7, 11) is -1.65. The number of rotatable bonds is 10. The maximum atomic E-state index is 13.1. The molecule has 8 nitrogen and oxygen atoms in total. The van der Waals surface area contributed by atoms with E-state index >= 15 is 0 Å². The van der Waals surface area contributed by atoms with Crippen LogP contribution >= 0.6 is 27.5 Å². The van der Waals surface area contributed by atoms with Crippen LogP contribution in [0.2, 0.25) is 5.02 Å². The number of nitrogens with zero attached hydrogens (tertiary/aromatic N) is 5. The molecule has 3 heterocycles. The van der Waals surface area contributed by atoms with Gasteiger partial charge in [0.15, 0.2) is 5.65 Å². The van der Waals surface area contributed by atoms with Gasteiger partial charge in [0.05, 0.1) is 21.3 Å². The second-order valence-corrected chi connectivity index (χ2v) is 11.9. The molecule has 0 aliphatic rings. The van der Waals surface area contributed by atoms with Crippen molar-refractivity contribution < 1.29 is 8.42 Å². The number of benzene rings is 2. The van der Waals surface area contributed by atoms with Gasteiger partial charge in [-0.05, 0) is 66.3 Å². The highest BCUT2D eigenvalue weighted by Crippen LogP contribution is 2.30. The number of hydrogen-bond donors (Lipinski definition) is 1. The van der Waals surface area contributed by atoms with Crippen LogP contribution in [0.3, 0.4) is 0 Å². The molecule has 0 aliphatic carbocycles. The molecule has 0 atom stereocenters. The van der Waals surface area contributed by atoms with Crippen LogP contribution < -0.4 is 5.32 Å². The monoisotopic (exact) mass is 612 g/mol. The molecule has 0 saturated heterocycles. The lowest BCUT2D eigenvalue weighted by atomic mass is 10.1.